The molecule has 6 rings (SSSR count). The molecule has 242 valence electrons. The number of hydrogen-bond acceptors (Lipinski definition) is 10. The van der Waals surface area contributed by atoms with Crippen LogP contribution in [-0.2, 0) is 6.54 Å². The molecule has 0 saturated carbocycles. The molecule has 0 radical (unpaired) electrons. The Kier molecular flexibility index (Phi) is 9.53. The van der Waals surface area contributed by atoms with Crippen LogP contribution in [0.3, 0.4) is 0 Å². The average molecular weight is 670 g/mol. The lowest BCUT2D eigenvalue weighted by molar-refractivity contribution is 0.0621. The number of ketones is 1. The smallest absolute Gasteiger partial charge is 0.273 e. The first-order chi connectivity index (χ1) is 22.8. The van der Waals surface area contributed by atoms with Crippen LogP contribution in [-0.4, -0.2) is 97.1 Å². The Morgan fingerprint density at radius 1 is 1.02 bits per heavy atom. The number of methoxy groups -OCH3 is 2. The van der Waals surface area contributed by atoms with Crippen LogP contribution in [0.1, 0.15) is 52.2 Å². The molecule has 0 unspecified atom stereocenters. The van der Waals surface area contributed by atoms with Gasteiger partial charge in [-0.2, -0.15) is 0 Å². The number of nitrogens with one attached hydrogen (secondary N) is 1. The van der Waals surface area contributed by atoms with Crippen molar-refractivity contribution in [2.75, 3.05) is 54.5 Å². The Bertz CT molecular complexity index is 1940. The number of nitrogens with zero attached hydrogens (tertiary/aromatic N) is 4. The highest BCUT2D eigenvalue weighted by Gasteiger charge is 2.27. The van der Waals surface area contributed by atoms with Gasteiger partial charge < -0.3 is 24.3 Å². The predicted octanol–water partition coefficient (Wildman–Crippen LogP) is 5.66. The minimum Gasteiger partial charge on any atom is -0.496 e. The van der Waals surface area contributed by atoms with Crippen LogP contribution < -0.4 is 9.47 Å². The van der Waals surface area contributed by atoms with Crippen molar-refractivity contribution in [3.8, 4) is 11.5 Å². The first-order valence-electron chi connectivity index (χ1n) is 15.1. The quantitative estimate of drug-likeness (QED) is 0.142. The van der Waals surface area contributed by atoms with Gasteiger partial charge >= 0.3 is 0 Å². The number of benzene rings is 2. The maximum Gasteiger partial charge on any atom is 0.273 e. The van der Waals surface area contributed by atoms with Gasteiger partial charge in [-0.3, -0.25) is 19.3 Å². The number of aromatic nitrogens is 2. The Labute approximate surface area is 280 Å². The van der Waals surface area contributed by atoms with Crippen molar-refractivity contribution in [2.24, 2.45) is 0 Å². The normalized spacial score (nSPS) is 14.0. The summed E-state index contributed by atoms with van der Waals surface area (Å²) in [5, 5.41) is 4.71. The molecule has 0 atom stereocenters. The molecule has 2 aromatic carbocycles. The number of para-hydroxylation sites is 1. The number of thiophene rings is 1. The van der Waals surface area contributed by atoms with Crippen LogP contribution in [0.4, 0.5) is 0 Å². The molecule has 1 aliphatic rings. The lowest BCUT2D eigenvalue weighted by atomic mass is 9.99. The molecule has 10 nitrogen and oxygen atoms in total. The van der Waals surface area contributed by atoms with Gasteiger partial charge in [0.25, 0.3) is 5.91 Å². The van der Waals surface area contributed by atoms with Gasteiger partial charge in [0.1, 0.15) is 17.2 Å². The molecule has 1 aliphatic heterocycles. The van der Waals surface area contributed by atoms with Crippen LogP contribution in [0.5, 0.6) is 11.5 Å². The van der Waals surface area contributed by atoms with Gasteiger partial charge in [-0.1, -0.05) is 18.2 Å². The third-order valence-corrected chi connectivity index (χ3v) is 9.97. The van der Waals surface area contributed by atoms with E-state index in [1.54, 1.807) is 30.7 Å². The van der Waals surface area contributed by atoms with E-state index >= 15 is 0 Å². The third kappa shape index (κ3) is 6.57. The zero-order chi connectivity index (χ0) is 33.1. The molecule has 5 aromatic rings. The average Bonchev–Trinajstić information content (AvgIpc) is 3.87. The molecular formula is C35H35N5O5S2. The van der Waals surface area contributed by atoms with Crippen molar-refractivity contribution in [1.82, 2.24) is 24.7 Å². The van der Waals surface area contributed by atoms with Crippen LogP contribution in [0.2, 0.25) is 0 Å². The Morgan fingerprint density at radius 3 is 2.43 bits per heavy atom. The summed E-state index contributed by atoms with van der Waals surface area (Å²) in [6, 6.07) is 13.4. The van der Waals surface area contributed by atoms with Crippen molar-refractivity contribution in [3.63, 3.8) is 0 Å². The van der Waals surface area contributed by atoms with E-state index in [-0.39, 0.29) is 17.4 Å². The zero-order valence-electron chi connectivity index (χ0n) is 26.6. The Hall–Kier alpha value is -4.78. The first-order valence-corrected chi connectivity index (χ1v) is 16.8. The largest absolute Gasteiger partial charge is 0.496 e. The second kappa shape index (κ2) is 13.9. The molecule has 0 spiro atoms. The van der Waals surface area contributed by atoms with Gasteiger partial charge in [-0.25, -0.2) is 4.98 Å². The summed E-state index contributed by atoms with van der Waals surface area (Å²) in [6.07, 6.45) is 4.56. The van der Waals surface area contributed by atoms with Gasteiger partial charge in [0.2, 0.25) is 5.78 Å². The summed E-state index contributed by atoms with van der Waals surface area (Å²) in [5.41, 5.74) is 5.03. The van der Waals surface area contributed by atoms with Crippen LogP contribution in [0, 0.1) is 0 Å². The number of thiazole rings is 1. The fourth-order valence-corrected chi connectivity index (χ4v) is 7.44. The first kappa shape index (κ1) is 32.2. The summed E-state index contributed by atoms with van der Waals surface area (Å²) < 4.78 is 11.7. The molecule has 1 amide bonds. The molecule has 12 heteroatoms. The van der Waals surface area contributed by atoms with E-state index in [0.29, 0.717) is 60.4 Å². The van der Waals surface area contributed by atoms with E-state index in [2.05, 4.69) is 14.9 Å². The second-order valence-corrected chi connectivity index (χ2v) is 13.1. The molecule has 1 saturated heterocycles. The summed E-state index contributed by atoms with van der Waals surface area (Å²) in [6.45, 7) is 2.91. The van der Waals surface area contributed by atoms with Crippen LogP contribution in [0.15, 0.2) is 65.6 Å². The second-order valence-electron chi connectivity index (χ2n) is 11.4. The maximum absolute atomic E-state index is 13.4. The van der Waals surface area contributed by atoms with Crippen molar-refractivity contribution < 1.29 is 23.9 Å². The van der Waals surface area contributed by atoms with E-state index in [1.165, 1.54) is 22.7 Å². The number of aromatic amines is 1. The maximum atomic E-state index is 13.4. The highest BCUT2D eigenvalue weighted by molar-refractivity contribution is 7.12. The monoisotopic (exact) mass is 669 g/mol. The standard InChI is InChI=1S/C35H35N5O5S2/c1-38(2)18-26(33-22(20-41)9-14-46-33)23-15-30(44-3)27(31(16-23)45-4)19-39-10-12-40(13-11-39)35(43)29-21-47-34(37-29)32(42)25-17-36-28-8-6-5-7-24(25)28/h5-9,14-18,20-21,36H,10-13,19H2,1-4H3/b26-18-. The number of piperazine rings is 1. The van der Waals surface area contributed by atoms with Gasteiger partial charge in [-0.15, -0.1) is 22.7 Å². The molecule has 0 bridgehead atoms. The SMILES string of the molecule is COc1cc(/C(=C/N(C)C)c2sccc2C=O)cc(OC)c1CN1CCN(C(=O)c2csc(C(=O)c3c[nH]c4ccccc34)n2)CC1. The number of carbonyl (C=O) groups excluding carboxylic acids is 3. The minimum atomic E-state index is -0.200. The zero-order valence-corrected chi connectivity index (χ0v) is 28.2. The fourth-order valence-electron chi connectivity index (χ4n) is 5.79. The van der Waals surface area contributed by atoms with Gasteiger partial charge in [0.15, 0.2) is 11.3 Å². The summed E-state index contributed by atoms with van der Waals surface area (Å²) in [7, 11) is 7.17. The number of carbonyl (C=O) groups is 3. The summed E-state index contributed by atoms with van der Waals surface area (Å²) in [4.78, 5) is 52.8. The van der Waals surface area contributed by atoms with E-state index < -0.39 is 0 Å². The van der Waals surface area contributed by atoms with Gasteiger partial charge in [0, 0.05) is 91.5 Å². The van der Waals surface area contributed by atoms with E-state index in [0.717, 1.165) is 38.8 Å². The predicted molar refractivity (Wildman–Crippen MR) is 185 cm³/mol. The Balaban J connectivity index is 1.15. The van der Waals surface area contributed by atoms with Crippen molar-refractivity contribution in [1.29, 1.82) is 0 Å². The van der Waals surface area contributed by atoms with E-state index in [1.807, 2.05) is 73.0 Å². The van der Waals surface area contributed by atoms with Crippen LogP contribution >= 0.6 is 22.7 Å². The molecule has 47 heavy (non-hydrogen) atoms. The Morgan fingerprint density at radius 2 is 1.74 bits per heavy atom. The molecule has 1 fully saturated rings. The summed E-state index contributed by atoms with van der Waals surface area (Å²) in [5.74, 6) is 0.985. The molecule has 1 N–H and O–H groups in total. The topological polar surface area (TPSA) is 108 Å². The molecule has 0 aliphatic carbocycles. The number of rotatable bonds is 11. The number of H-pyrrole nitrogens is 1. The van der Waals surface area contributed by atoms with Gasteiger partial charge in [0.05, 0.1) is 25.3 Å². The van der Waals surface area contributed by atoms with Crippen molar-refractivity contribution in [2.45, 2.75) is 6.54 Å². The molecular weight excluding hydrogens is 635 g/mol. The summed E-state index contributed by atoms with van der Waals surface area (Å²) >= 11 is 2.70. The molecule has 3 aromatic heterocycles. The van der Waals surface area contributed by atoms with Crippen LogP contribution in [0.25, 0.3) is 16.5 Å². The van der Waals surface area contributed by atoms with Crippen molar-refractivity contribution >= 4 is 57.1 Å². The lowest BCUT2D eigenvalue weighted by Crippen LogP contribution is -2.48. The van der Waals surface area contributed by atoms with Gasteiger partial charge in [-0.05, 0) is 35.2 Å². The number of fused-ring (bicyclic) bond motifs is 1. The van der Waals surface area contributed by atoms with E-state index in [9.17, 15) is 14.4 Å². The highest BCUT2D eigenvalue weighted by atomic mass is 32.1. The number of aldehydes is 1. The number of amides is 1. The number of hydrogen-bond donors (Lipinski definition) is 1. The third-order valence-electron chi connectivity index (χ3n) is 8.17. The van der Waals surface area contributed by atoms with Crippen molar-refractivity contribution in [3.05, 3.63) is 103 Å². The molecule has 4 heterocycles. The fraction of sp³-hybridized carbons (Fsp3) is 0.257. The van der Waals surface area contributed by atoms with E-state index in [4.69, 9.17) is 9.47 Å². The highest BCUT2D eigenvalue weighted by Crippen LogP contribution is 2.38. The minimum absolute atomic E-state index is 0.179. The lowest BCUT2D eigenvalue weighted by Gasteiger charge is -2.35. The number of ether oxygens (including phenoxy) is 2.